The molecule has 0 fully saturated rings. The van der Waals surface area contributed by atoms with Gasteiger partial charge >= 0.3 is 0 Å². The molecule has 27 heavy (non-hydrogen) atoms. The SMILES string of the molecule is Cc1ccc(CNC(=O)c2ccccc2NC(=O)c2cccc(I)c2)cc1. The Morgan fingerprint density at radius 2 is 1.63 bits per heavy atom. The molecular weight excluding hydrogens is 451 g/mol. The number of rotatable bonds is 5. The summed E-state index contributed by atoms with van der Waals surface area (Å²) < 4.78 is 0.976. The van der Waals surface area contributed by atoms with Gasteiger partial charge in [0, 0.05) is 15.7 Å². The minimum absolute atomic E-state index is 0.228. The summed E-state index contributed by atoms with van der Waals surface area (Å²) in [5.41, 5.74) is 3.67. The average molecular weight is 470 g/mol. The molecule has 4 nitrogen and oxygen atoms in total. The summed E-state index contributed by atoms with van der Waals surface area (Å²) in [5.74, 6) is -0.471. The van der Waals surface area contributed by atoms with Gasteiger partial charge in [-0.15, -0.1) is 0 Å². The molecule has 136 valence electrons. The Morgan fingerprint density at radius 3 is 2.37 bits per heavy atom. The summed E-state index contributed by atoms with van der Waals surface area (Å²) >= 11 is 2.16. The molecule has 0 radical (unpaired) electrons. The second kappa shape index (κ2) is 8.81. The number of halogens is 1. The van der Waals surface area contributed by atoms with Crippen molar-refractivity contribution in [3.05, 3.63) is 98.6 Å². The predicted octanol–water partition coefficient (Wildman–Crippen LogP) is 4.78. The molecule has 0 bridgehead atoms. The second-order valence-electron chi connectivity index (χ2n) is 6.18. The standard InChI is InChI=1S/C22H19IN2O2/c1-15-9-11-16(12-10-15)14-24-22(27)19-7-2-3-8-20(19)25-21(26)17-5-4-6-18(23)13-17/h2-13H,14H2,1H3,(H,24,27)(H,25,26). The number of aryl methyl sites for hydroxylation is 1. The van der Waals surface area contributed by atoms with Crippen molar-refractivity contribution < 1.29 is 9.59 Å². The number of anilines is 1. The predicted molar refractivity (Wildman–Crippen MR) is 116 cm³/mol. The molecule has 0 unspecified atom stereocenters. The third kappa shape index (κ3) is 5.17. The molecule has 2 amide bonds. The fourth-order valence-electron chi connectivity index (χ4n) is 2.60. The van der Waals surface area contributed by atoms with E-state index in [1.165, 1.54) is 5.56 Å². The Balaban J connectivity index is 1.72. The van der Waals surface area contributed by atoms with Crippen LogP contribution in [0, 0.1) is 10.5 Å². The number of hydrogen-bond donors (Lipinski definition) is 2. The molecule has 0 aliphatic heterocycles. The minimum atomic E-state index is -0.243. The van der Waals surface area contributed by atoms with Crippen LogP contribution in [0.15, 0.2) is 72.8 Å². The third-order valence-electron chi connectivity index (χ3n) is 4.08. The van der Waals surface area contributed by atoms with Gasteiger partial charge in [0.25, 0.3) is 11.8 Å². The van der Waals surface area contributed by atoms with Crippen LogP contribution in [0.25, 0.3) is 0 Å². The lowest BCUT2D eigenvalue weighted by atomic mass is 10.1. The molecule has 3 rings (SSSR count). The van der Waals surface area contributed by atoms with Gasteiger partial charge in [0.05, 0.1) is 11.3 Å². The van der Waals surface area contributed by atoms with Gasteiger partial charge in [-0.2, -0.15) is 0 Å². The Kier molecular flexibility index (Phi) is 6.24. The molecule has 0 heterocycles. The molecule has 0 aliphatic rings. The van der Waals surface area contributed by atoms with Crippen LogP contribution in [0.3, 0.4) is 0 Å². The van der Waals surface area contributed by atoms with E-state index in [2.05, 4.69) is 33.2 Å². The Morgan fingerprint density at radius 1 is 0.889 bits per heavy atom. The number of amides is 2. The van der Waals surface area contributed by atoms with Gasteiger partial charge in [-0.25, -0.2) is 0 Å². The van der Waals surface area contributed by atoms with Gasteiger partial charge in [0.15, 0.2) is 0 Å². The summed E-state index contributed by atoms with van der Waals surface area (Å²) in [4.78, 5) is 25.1. The number of para-hydroxylation sites is 1. The molecule has 0 aromatic heterocycles. The average Bonchev–Trinajstić information content (AvgIpc) is 2.67. The first kappa shape index (κ1) is 19.1. The molecule has 3 aromatic rings. The van der Waals surface area contributed by atoms with Crippen molar-refractivity contribution in [1.29, 1.82) is 0 Å². The Bertz CT molecular complexity index is 968. The van der Waals surface area contributed by atoms with E-state index in [0.717, 1.165) is 9.13 Å². The van der Waals surface area contributed by atoms with Crippen LogP contribution < -0.4 is 10.6 Å². The van der Waals surface area contributed by atoms with Crippen molar-refractivity contribution in [3.8, 4) is 0 Å². The molecule has 3 aromatic carbocycles. The first-order valence-corrected chi connectivity index (χ1v) is 9.60. The zero-order valence-corrected chi connectivity index (χ0v) is 17.0. The first-order chi connectivity index (χ1) is 13.0. The highest BCUT2D eigenvalue weighted by Gasteiger charge is 2.14. The monoisotopic (exact) mass is 470 g/mol. The van der Waals surface area contributed by atoms with Crippen molar-refractivity contribution in [1.82, 2.24) is 5.32 Å². The number of hydrogen-bond acceptors (Lipinski definition) is 2. The van der Waals surface area contributed by atoms with Crippen molar-refractivity contribution in [2.75, 3.05) is 5.32 Å². The minimum Gasteiger partial charge on any atom is -0.348 e. The quantitative estimate of drug-likeness (QED) is 0.528. The van der Waals surface area contributed by atoms with E-state index >= 15 is 0 Å². The highest BCUT2D eigenvalue weighted by Crippen LogP contribution is 2.17. The van der Waals surface area contributed by atoms with Gasteiger partial charge in [-0.1, -0.05) is 48.0 Å². The van der Waals surface area contributed by atoms with E-state index in [1.54, 1.807) is 36.4 Å². The van der Waals surface area contributed by atoms with Crippen LogP contribution >= 0.6 is 22.6 Å². The normalized spacial score (nSPS) is 10.3. The lowest BCUT2D eigenvalue weighted by Gasteiger charge is -2.12. The largest absolute Gasteiger partial charge is 0.348 e. The zero-order valence-electron chi connectivity index (χ0n) is 14.8. The maximum Gasteiger partial charge on any atom is 0.255 e. The van der Waals surface area contributed by atoms with Gasteiger partial charge in [0.2, 0.25) is 0 Å². The van der Waals surface area contributed by atoms with Gasteiger partial charge in [-0.05, 0) is 65.4 Å². The third-order valence-corrected chi connectivity index (χ3v) is 4.75. The smallest absolute Gasteiger partial charge is 0.255 e. The summed E-state index contributed by atoms with van der Waals surface area (Å²) in [6.07, 6.45) is 0. The van der Waals surface area contributed by atoms with Crippen LogP contribution in [-0.2, 0) is 6.54 Å². The molecule has 0 aliphatic carbocycles. The summed E-state index contributed by atoms with van der Waals surface area (Å²) in [5, 5.41) is 5.74. The number of benzene rings is 3. The van der Waals surface area contributed by atoms with Gasteiger partial charge in [0.1, 0.15) is 0 Å². The van der Waals surface area contributed by atoms with Gasteiger partial charge < -0.3 is 10.6 Å². The highest BCUT2D eigenvalue weighted by atomic mass is 127. The molecule has 0 atom stereocenters. The number of nitrogens with one attached hydrogen (secondary N) is 2. The van der Waals surface area contributed by atoms with Crippen LogP contribution in [0.4, 0.5) is 5.69 Å². The van der Waals surface area contributed by atoms with Gasteiger partial charge in [-0.3, -0.25) is 9.59 Å². The van der Waals surface area contributed by atoms with Crippen molar-refractivity contribution in [2.45, 2.75) is 13.5 Å². The Labute approximate surface area is 172 Å². The van der Waals surface area contributed by atoms with Crippen LogP contribution in [0.2, 0.25) is 0 Å². The lowest BCUT2D eigenvalue weighted by Crippen LogP contribution is -2.24. The lowest BCUT2D eigenvalue weighted by molar-refractivity contribution is 0.0952. The van der Waals surface area contributed by atoms with Crippen LogP contribution in [0.5, 0.6) is 0 Å². The topological polar surface area (TPSA) is 58.2 Å². The van der Waals surface area contributed by atoms with Crippen LogP contribution in [-0.4, -0.2) is 11.8 Å². The van der Waals surface area contributed by atoms with Crippen molar-refractivity contribution in [2.24, 2.45) is 0 Å². The molecule has 2 N–H and O–H groups in total. The highest BCUT2D eigenvalue weighted by molar-refractivity contribution is 14.1. The molecule has 0 saturated heterocycles. The summed E-state index contributed by atoms with van der Waals surface area (Å²) in [6.45, 7) is 2.45. The van der Waals surface area contributed by atoms with E-state index in [0.29, 0.717) is 23.4 Å². The fraction of sp³-hybridized carbons (Fsp3) is 0.0909. The fourth-order valence-corrected chi connectivity index (χ4v) is 3.14. The summed E-state index contributed by atoms with van der Waals surface area (Å²) in [7, 11) is 0. The van der Waals surface area contributed by atoms with E-state index in [4.69, 9.17) is 0 Å². The molecule has 0 saturated carbocycles. The molecule has 0 spiro atoms. The number of carbonyl (C=O) groups excluding carboxylic acids is 2. The van der Waals surface area contributed by atoms with E-state index in [9.17, 15) is 9.59 Å². The van der Waals surface area contributed by atoms with Crippen molar-refractivity contribution >= 4 is 40.1 Å². The van der Waals surface area contributed by atoms with Crippen molar-refractivity contribution in [3.63, 3.8) is 0 Å². The second-order valence-corrected chi connectivity index (χ2v) is 7.42. The zero-order chi connectivity index (χ0) is 19.2. The number of carbonyl (C=O) groups is 2. The van der Waals surface area contributed by atoms with E-state index in [-0.39, 0.29) is 11.8 Å². The molecular formula is C22H19IN2O2. The summed E-state index contributed by atoms with van der Waals surface area (Å²) in [6, 6.07) is 22.3. The van der Waals surface area contributed by atoms with E-state index < -0.39 is 0 Å². The Hall–Kier alpha value is -2.67. The first-order valence-electron chi connectivity index (χ1n) is 8.52. The maximum absolute atomic E-state index is 12.6. The maximum atomic E-state index is 12.6. The molecule has 5 heteroatoms. The van der Waals surface area contributed by atoms with Crippen LogP contribution in [0.1, 0.15) is 31.8 Å². The van der Waals surface area contributed by atoms with E-state index in [1.807, 2.05) is 43.3 Å².